The number of nitrogens with zero attached hydrogens (tertiary/aromatic N) is 2. The van der Waals surface area contributed by atoms with Gasteiger partial charge in [-0.2, -0.15) is 0 Å². The first-order valence-electron chi connectivity index (χ1n) is 11.0. The predicted molar refractivity (Wildman–Crippen MR) is 121 cm³/mol. The molecule has 2 aromatic heterocycles. The molecule has 34 heavy (non-hydrogen) atoms. The van der Waals surface area contributed by atoms with E-state index in [9.17, 15) is 24.3 Å². The molecule has 0 aliphatic rings. The Morgan fingerprint density at radius 2 is 1.44 bits per heavy atom. The van der Waals surface area contributed by atoms with Crippen LogP contribution in [0.3, 0.4) is 0 Å². The smallest absolute Gasteiger partial charge is 0.326 e. The molecule has 0 radical (unpaired) electrons. The molecule has 0 saturated carbocycles. The number of carboxylic acids is 1. The van der Waals surface area contributed by atoms with Crippen molar-refractivity contribution in [3.63, 3.8) is 0 Å². The fourth-order valence-corrected chi connectivity index (χ4v) is 3.10. The van der Waals surface area contributed by atoms with Crippen molar-refractivity contribution in [1.82, 2.24) is 35.9 Å². The average molecular weight is 477 g/mol. The molecule has 186 valence electrons. The van der Waals surface area contributed by atoms with E-state index in [1.165, 1.54) is 32.0 Å². The van der Waals surface area contributed by atoms with E-state index in [0.717, 1.165) is 0 Å². The maximum Gasteiger partial charge on any atom is 0.326 e. The van der Waals surface area contributed by atoms with Crippen molar-refractivity contribution in [2.24, 2.45) is 11.7 Å². The van der Waals surface area contributed by atoms with Crippen LogP contribution in [0.25, 0.3) is 0 Å². The van der Waals surface area contributed by atoms with E-state index in [4.69, 9.17) is 5.73 Å². The fourth-order valence-electron chi connectivity index (χ4n) is 3.10. The van der Waals surface area contributed by atoms with E-state index in [2.05, 4.69) is 35.9 Å². The molecule has 0 fully saturated rings. The number of aliphatic carboxylic acids is 1. The molecule has 0 bridgehead atoms. The Labute approximate surface area is 196 Å². The zero-order valence-electron chi connectivity index (χ0n) is 19.4. The average Bonchev–Trinajstić information content (AvgIpc) is 3.51. The van der Waals surface area contributed by atoms with Crippen LogP contribution in [0.4, 0.5) is 0 Å². The number of nitrogens with one attached hydrogen (secondary N) is 5. The molecule has 13 heteroatoms. The summed E-state index contributed by atoms with van der Waals surface area (Å²) in [4.78, 5) is 63.1. The normalized spacial score (nSPS) is 15.4. The molecule has 13 nitrogen and oxygen atoms in total. The molecule has 0 saturated heterocycles. The Bertz CT molecular complexity index is 947. The topological polar surface area (TPSA) is 208 Å². The number of hydrogen-bond acceptors (Lipinski definition) is 7. The van der Waals surface area contributed by atoms with E-state index in [-0.39, 0.29) is 18.8 Å². The van der Waals surface area contributed by atoms with Gasteiger partial charge in [0.1, 0.15) is 18.1 Å². The van der Waals surface area contributed by atoms with Gasteiger partial charge >= 0.3 is 5.97 Å². The molecular formula is C21H32N8O5. The Morgan fingerprint density at radius 1 is 0.912 bits per heavy atom. The third-order valence-electron chi connectivity index (χ3n) is 5.52. The van der Waals surface area contributed by atoms with Crippen LogP contribution >= 0.6 is 0 Å². The summed E-state index contributed by atoms with van der Waals surface area (Å²) in [6.07, 6.45) is 6.48. The van der Waals surface area contributed by atoms with Crippen molar-refractivity contribution < 1.29 is 24.3 Å². The van der Waals surface area contributed by atoms with E-state index >= 15 is 0 Å². The Hall–Kier alpha value is -3.74. The Morgan fingerprint density at radius 3 is 1.91 bits per heavy atom. The lowest BCUT2D eigenvalue weighted by Gasteiger charge is -2.24. The lowest BCUT2D eigenvalue weighted by atomic mass is 9.99. The summed E-state index contributed by atoms with van der Waals surface area (Å²) in [5.74, 6) is -3.11. The third-order valence-corrected chi connectivity index (χ3v) is 5.52. The molecule has 0 aliphatic carbocycles. The fraction of sp³-hybridized carbons (Fsp3) is 0.524. The maximum absolute atomic E-state index is 13.0. The van der Waals surface area contributed by atoms with Gasteiger partial charge < -0.3 is 36.8 Å². The summed E-state index contributed by atoms with van der Waals surface area (Å²) in [6.45, 7) is 5.21. The van der Waals surface area contributed by atoms with Gasteiger partial charge in [-0.15, -0.1) is 0 Å². The number of imidazole rings is 2. The number of rotatable bonds is 13. The van der Waals surface area contributed by atoms with Gasteiger partial charge in [0.25, 0.3) is 0 Å². The molecule has 8 N–H and O–H groups in total. The van der Waals surface area contributed by atoms with Crippen LogP contribution in [0.5, 0.6) is 0 Å². The van der Waals surface area contributed by atoms with Gasteiger partial charge in [-0.3, -0.25) is 14.4 Å². The van der Waals surface area contributed by atoms with Crippen molar-refractivity contribution in [3.05, 3.63) is 36.4 Å². The van der Waals surface area contributed by atoms with E-state index < -0.39 is 47.9 Å². The van der Waals surface area contributed by atoms with Crippen molar-refractivity contribution in [2.45, 2.75) is 64.2 Å². The van der Waals surface area contributed by atoms with Gasteiger partial charge in [-0.05, 0) is 12.8 Å². The molecule has 2 aromatic rings. The summed E-state index contributed by atoms with van der Waals surface area (Å²) < 4.78 is 0. The van der Waals surface area contributed by atoms with Gasteiger partial charge in [0.05, 0.1) is 18.7 Å². The molecule has 2 rings (SSSR count). The highest BCUT2D eigenvalue weighted by molar-refractivity contribution is 5.94. The van der Waals surface area contributed by atoms with Crippen LogP contribution in [-0.4, -0.2) is 72.9 Å². The van der Waals surface area contributed by atoms with Gasteiger partial charge in [0, 0.05) is 36.6 Å². The van der Waals surface area contributed by atoms with Crippen LogP contribution in [0.1, 0.15) is 38.6 Å². The number of H-pyrrole nitrogens is 2. The van der Waals surface area contributed by atoms with Crippen LogP contribution in [0.15, 0.2) is 25.0 Å². The van der Waals surface area contributed by atoms with Crippen molar-refractivity contribution in [2.75, 3.05) is 0 Å². The molecule has 0 aromatic carbocycles. The minimum Gasteiger partial charge on any atom is -0.480 e. The second kappa shape index (κ2) is 12.5. The number of hydrogen-bond donors (Lipinski definition) is 7. The molecule has 2 heterocycles. The van der Waals surface area contributed by atoms with E-state index in [1.807, 2.05) is 13.8 Å². The summed E-state index contributed by atoms with van der Waals surface area (Å²) in [7, 11) is 0. The highest BCUT2D eigenvalue weighted by Crippen LogP contribution is 2.06. The number of carboxylic acid groups (broad SMARTS) is 1. The molecule has 5 atom stereocenters. The van der Waals surface area contributed by atoms with Crippen LogP contribution in [-0.2, 0) is 32.0 Å². The molecule has 3 amide bonds. The van der Waals surface area contributed by atoms with Gasteiger partial charge in [0.15, 0.2) is 0 Å². The Balaban J connectivity index is 2.08. The number of nitrogens with two attached hydrogens (primary N) is 1. The molecule has 5 unspecified atom stereocenters. The predicted octanol–water partition coefficient (Wildman–Crippen LogP) is -1.15. The zero-order chi connectivity index (χ0) is 25.3. The largest absolute Gasteiger partial charge is 0.480 e. The van der Waals surface area contributed by atoms with E-state index in [1.54, 1.807) is 0 Å². The molecular weight excluding hydrogens is 444 g/mol. The molecule has 0 aliphatic heterocycles. The first kappa shape index (κ1) is 26.5. The SMILES string of the molecule is CCC(C)C(N)C(=O)NC(C)C(=O)NC(Cc1cnc[nH]1)C(=O)NC(Cc1cnc[nH]1)C(=O)O. The summed E-state index contributed by atoms with van der Waals surface area (Å²) in [6, 6.07) is -4.12. The van der Waals surface area contributed by atoms with Gasteiger partial charge in [0.2, 0.25) is 17.7 Å². The zero-order valence-corrected chi connectivity index (χ0v) is 19.4. The summed E-state index contributed by atoms with van der Waals surface area (Å²) in [5.41, 5.74) is 6.99. The van der Waals surface area contributed by atoms with Crippen LogP contribution < -0.4 is 21.7 Å². The number of carbonyl (C=O) groups is 4. The van der Waals surface area contributed by atoms with E-state index in [0.29, 0.717) is 17.8 Å². The highest BCUT2D eigenvalue weighted by atomic mass is 16.4. The molecule has 0 spiro atoms. The van der Waals surface area contributed by atoms with Crippen molar-refractivity contribution in [1.29, 1.82) is 0 Å². The monoisotopic (exact) mass is 476 g/mol. The first-order valence-corrected chi connectivity index (χ1v) is 11.0. The number of carbonyl (C=O) groups excluding carboxylic acids is 3. The third kappa shape index (κ3) is 7.69. The van der Waals surface area contributed by atoms with Crippen LogP contribution in [0, 0.1) is 5.92 Å². The number of amides is 3. The Kier molecular flexibility index (Phi) is 9.74. The second-order valence-corrected chi connectivity index (χ2v) is 8.16. The highest BCUT2D eigenvalue weighted by Gasteiger charge is 2.30. The number of aromatic nitrogens is 4. The van der Waals surface area contributed by atoms with Gasteiger partial charge in [-0.25, -0.2) is 14.8 Å². The lowest BCUT2D eigenvalue weighted by Crippen LogP contribution is -2.57. The summed E-state index contributed by atoms with van der Waals surface area (Å²) in [5, 5.41) is 17.1. The quantitative estimate of drug-likeness (QED) is 0.187. The second-order valence-electron chi connectivity index (χ2n) is 8.16. The lowest BCUT2D eigenvalue weighted by molar-refractivity contribution is -0.142. The minimum atomic E-state index is -1.25. The van der Waals surface area contributed by atoms with Crippen molar-refractivity contribution >= 4 is 23.7 Å². The number of aromatic amines is 2. The first-order chi connectivity index (χ1) is 16.1. The van der Waals surface area contributed by atoms with Gasteiger partial charge in [-0.1, -0.05) is 20.3 Å². The standard InChI is InChI=1S/C21H32N8O5/c1-4-11(2)17(22)20(32)27-12(3)18(30)28-15(5-13-7-23-9-25-13)19(31)29-16(21(33)34)6-14-8-24-10-26-14/h7-12,15-17H,4-6,22H2,1-3H3,(H,23,25)(H,24,26)(H,27,32)(H,28,30)(H,29,31)(H,33,34). The minimum absolute atomic E-state index is 0.0221. The van der Waals surface area contributed by atoms with Crippen LogP contribution in [0.2, 0.25) is 0 Å². The maximum atomic E-state index is 13.0. The van der Waals surface area contributed by atoms with Crippen molar-refractivity contribution in [3.8, 4) is 0 Å². The summed E-state index contributed by atoms with van der Waals surface area (Å²) >= 11 is 0.